The Hall–Kier alpha value is -2.06. The van der Waals surface area contributed by atoms with Crippen molar-refractivity contribution in [2.75, 3.05) is 6.61 Å². The first kappa shape index (κ1) is 17.8. The van der Waals surface area contributed by atoms with Gasteiger partial charge in [-0.25, -0.2) is 0 Å². The third-order valence-electron chi connectivity index (χ3n) is 4.78. The molecule has 0 bridgehead atoms. The number of hydrogen-bond donors (Lipinski definition) is 1. The summed E-state index contributed by atoms with van der Waals surface area (Å²) >= 11 is 0. The van der Waals surface area contributed by atoms with Crippen molar-refractivity contribution in [1.29, 1.82) is 0 Å². The van der Waals surface area contributed by atoms with Crippen LogP contribution in [0.2, 0.25) is 0 Å². The molecule has 1 atom stereocenters. The largest absolute Gasteiger partial charge is 0.490 e. The zero-order valence-corrected chi connectivity index (χ0v) is 15.5. The molecule has 0 spiro atoms. The summed E-state index contributed by atoms with van der Waals surface area (Å²) in [5.74, 6) is 0.894. The minimum Gasteiger partial charge on any atom is -0.490 e. The fourth-order valence-corrected chi connectivity index (χ4v) is 3.36. The normalized spacial score (nSPS) is 12.6. The van der Waals surface area contributed by atoms with Crippen LogP contribution in [0.4, 0.5) is 0 Å². The Balaban J connectivity index is 1.96. The van der Waals surface area contributed by atoms with Gasteiger partial charge in [0.15, 0.2) is 0 Å². The van der Waals surface area contributed by atoms with Crippen LogP contribution in [0.3, 0.4) is 0 Å². The van der Waals surface area contributed by atoms with Crippen LogP contribution < -0.4 is 4.74 Å². The van der Waals surface area contributed by atoms with Crippen LogP contribution >= 0.6 is 0 Å². The standard InChI is InChI=1S/C23H28O2/c1-4-5-6-7-20(24)15-25-23-21-11-9-16(2)12-19(21)14-18-10-8-17(3)13-22(18)23/h8-14,20,24H,4-7,15H2,1-3H3. The molecule has 0 aromatic heterocycles. The molecule has 0 saturated carbocycles. The average molecular weight is 336 g/mol. The smallest absolute Gasteiger partial charge is 0.135 e. The molecule has 0 radical (unpaired) electrons. The van der Waals surface area contributed by atoms with Crippen LogP contribution in [0.1, 0.15) is 43.7 Å². The number of fused-ring (bicyclic) bond motifs is 2. The van der Waals surface area contributed by atoms with Crippen molar-refractivity contribution >= 4 is 21.5 Å². The molecule has 2 heteroatoms. The maximum absolute atomic E-state index is 10.3. The van der Waals surface area contributed by atoms with Crippen LogP contribution in [0, 0.1) is 13.8 Å². The highest BCUT2D eigenvalue weighted by Crippen LogP contribution is 2.36. The second-order valence-corrected chi connectivity index (χ2v) is 7.12. The van der Waals surface area contributed by atoms with E-state index in [2.05, 4.69) is 63.2 Å². The van der Waals surface area contributed by atoms with Gasteiger partial charge in [-0.05, 0) is 43.2 Å². The number of rotatable bonds is 7. The first-order valence-electron chi connectivity index (χ1n) is 9.33. The van der Waals surface area contributed by atoms with Gasteiger partial charge in [0.1, 0.15) is 12.4 Å². The van der Waals surface area contributed by atoms with Crippen molar-refractivity contribution in [2.24, 2.45) is 0 Å². The first-order valence-corrected chi connectivity index (χ1v) is 9.33. The number of unbranched alkanes of at least 4 members (excludes halogenated alkanes) is 2. The average Bonchev–Trinajstić information content (AvgIpc) is 2.59. The molecule has 0 amide bonds. The van der Waals surface area contributed by atoms with Crippen LogP contribution in [0.25, 0.3) is 21.5 Å². The molecule has 0 aliphatic rings. The van der Waals surface area contributed by atoms with Crippen molar-refractivity contribution in [3.8, 4) is 5.75 Å². The molecule has 0 saturated heterocycles. The van der Waals surface area contributed by atoms with E-state index in [1.54, 1.807) is 0 Å². The Morgan fingerprint density at radius 3 is 2.44 bits per heavy atom. The number of ether oxygens (including phenoxy) is 1. The fourth-order valence-electron chi connectivity index (χ4n) is 3.36. The van der Waals surface area contributed by atoms with E-state index in [0.717, 1.165) is 35.8 Å². The fraction of sp³-hybridized carbons (Fsp3) is 0.391. The van der Waals surface area contributed by atoms with Crippen molar-refractivity contribution in [1.82, 2.24) is 0 Å². The number of aryl methyl sites for hydroxylation is 2. The highest BCUT2D eigenvalue weighted by Gasteiger charge is 2.12. The molecule has 1 unspecified atom stereocenters. The minimum atomic E-state index is -0.410. The van der Waals surface area contributed by atoms with Gasteiger partial charge in [0.25, 0.3) is 0 Å². The predicted molar refractivity (Wildman–Crippen MR) is 107 cm³/mol. The van der Waals surface area contributed by atoms with Gasteiger partial charge in [0.05, 0.1) is 6.10 Å². The molecule has 132 valence electrons. The molecular formula is C23H28O2. The lowest BCUT2D eigenvalue weighted by Gasteiger charge is -2.17. The van der Waals surface area contributed by atoms with E-state index in [1.807, 2.05) is 0 Å². The summed E-state index contributed by atoms with van der Waals surface area (Å²) in [6.07, 6.45) is 3.77. The number of benzene rings is 3. The van der Waals surface area contributed by atoms with Gasteiger partial charge in [0, 0.05) is 10.8 Å². The first-order chi connectivity index (χ1) is 12.1. The maximum atomic E-state index is 10.3. The maximum Gasteiger partial charge on any atom is 0.135 e. The molecule has 0 heterocycles. The van der Waals surface area contributed by atoms with Crippen molar-refractivity contribution < 1.29 is 9.84 Å². The zero-order chi connectivity index (χ0) is 17.8. The van der Waals surface area contributed by atoms with Crippen LogP contribution in [-0.2, 0) is 0 Å². The second-order valence-electron chi connectivity index (χ2n) is 7.12. The molecule has 3 aromatic carbocycles. The lowest BCUT2D eigenvalue weighted by Crippen LogP contribution is -2.17. The molecule has 0 fully saturated rings. The van der Waals surface area contributed by atoms with Gasteiger partial charge in [-0.15, -0.1) is 0 Å². The Bertz CT molecular complexity index is 867. The van der Waals surface area contributed by atoms with Crippen molar-refractivity contribution in [2.45, 2.75) is 52.6 Å². The molecule has 0 aliphatic carbocycles. The summed E-state index contributed by atoms with van der Waals surface area (Å²) in [5.41, 5.74) is 2.46. The summed E-state index contributed by atoms with van der Waals surface area (Å²) in [6.45, 7) is 6.73. The van der Waals surface area contributed by atoms with E-state index < -0.39 is 6.10 Å². The number of hydrogen-bond acceptors (Lipinski definition) is 2. The van der Waals surface area contributed by atoms with E-state index in [0.29, 0.717) is 6.61 Å². The molecule has 1 N–H and O–H groups in total. The summed E-state index contributed by atoms with van der Waals surface area (Å²) in [7, 11) is 0. The Morgan fingerprint density at radius 1 is 0.880 bits per heavy atom. The Kier molecular flexibility index (Phi) is 5.60. The second kappa shape index (κ2) is 7.88. The van der Waals surface area contributed by atoms with Gasteiger partial charge in [-0.3, -0.25) is 0 Å². The van der Waals surface area contributed by atoms with Gasteiger partial charge in [0.2, 0.25) is 0 Å². The summed E-state index contributed by atoms with van der Waals surface area (Å²) < 4.78 is 6.17. The number of aliphatic hydroxyl groups is 1. The van der Waals surface area contributed by atoms with Crippen molar-refractivity contribution in [3.63, 3.8) is 0 Å². The van der Waals surface area contributed by atoms with E-state index in [-0.39, 0.29) is 0 Å². The number of aliphatic hydroxyl groups excluding tert-OH is 1. The highest BCUT2D eigenvalue weighted by molar-refractivity contribution is 6.05. The molecule has 3 rings (SSSR count). The van der Waals surface area contributed by atoms with Crippen LogP contribution in [0.15, 0.2) is 42.5 Å². The predicted octanol–water partition coefficient (Wildman–Crippen LogP) is 5.93. The Labute approximate surface area is 150 Å². The minimum absolute atomic E-state index is 0.347. The Morgan fingerprint density at radius 2 is 1.64 bits per heavy atom. The molecule has 3 aromatic rings. The van der Waals surface area contributed by atoms with Gasteiger partial charge >= 0.3 is 0 Å². The van der Waals surface area contributed by atoms with E-state index in [1.165, 1.54) is 28.3 Å². The van der Waals surface area contributed by atoms with Crippen molar-refractivity contribution in [3.05, 3.63) is 53.6 Å². The topological polar surface area (TPSA) is 29.5 Å². The van der Waals surface area contributed by atoms with E-state index in [9.17, 15) is 5.11 Å². The van der Waals surface area contributed by atoms with Crippen LogP contribution in [0.5, 0.6) is 5.75 Å². The quantitative estimate of drug-likeness (QED) is 0.428. The van der Waals surface area contributed by atoms with Gasteiger partial charge < -0.3 is 9.84 Å². The van der Waals surface area contributed by atoms with Gasteiger partial charge in [-0.1, -0.05) is 67.6 Å². The lowest BCUT2D eigenvalue weighted by atomic mass is 9.99. The summed E-state index contributed by atoms with van der Waals surface area (Å²) in [6, 6.07) is 15.1. The highest BCUT2D eigenvalue weighted by atomic mass is 16.5. The monoisotopic (exact) mass is 336 g/mol. The van der Waals surface area contributed by atoms with Gasteiger partial charge in [-0.2, -0.15) is 0 Å². The SMILES string of the molecule is CCCCCC(O)COc1c2ccc(C)cc2cc2ccc(C)cc12. The molecule has 2 nitrogen and oxygen atoms in total. The van der Waals surface area contributed by atoms with E-state index in [4.69, 9.17) is 4.74 Å². The van der Waals surface area contributed by atoms with E-state index >= 15 is 0 Å². The summed E-state index contributed by atoms with van der Waals surface area (Å²) in [4.78, 5) is 0. The van der Waals surface area contributed by atoms with Crippen LogP contribution in [-0.4, -0.2) is 17.8 Å². The molecular weight excluding hydrogens is 308 g/mol. The lowest BCUT2D eigenvalue weighted by molar-refractivity contribution is 0.0991. The summed E-state index contributed by atoms with van der Waals surface area (Å²) in [5, 5.41) is 14.9. The molecule has 0 aliphatic heterocycles. The zero-order valence-electron chi connectivity index (χ0n) is 15.5. The molecule has 25 heavy (non-hydrogen) atoms. The third kappa shape index (κ3) is 4.13. The third-order valence-corrected chi connectivity index (χ3v) is 4.78.